The van der Waals surface area contributed by atoms with Crippen LogP contribution in [-0.2, 0) is 11.3 Å². The summed E-state index contributed by atoms with van der Waals surface area (Å²) in [5, 5.41) is 5.86. The molecular formula is C24H24N4O2. The van der Waals surface area contributed by atoms with E-state index < -0.39 is 0 Å². The molecule has 3 heterocycles. The lowest BCUT2D eigenvalue weighted by molar-refractivity contribution is 0.0340. The molecule has 1 N–H and O–H groups in total. The minimum atomic E-state index is -0.0677. The molecule has 4 aromatic rings. The van der Waals surface area contributed by atoms with Crippen molar-refractivity contribution in [1.29, 1.82) is 0 Å². The molecule has 6 nitrogen and oxygen atoms in total. The number of pyridine rings is 1. The van der Waals surface area contributed by atoms with Gasteiger partial charge in [0.15, 0.2) is 0 Å². The Balaban J connectivity index is 1.69. The Morgan fingerprint density at radius 3 is 2.60 bits per heavy atom. The lowest BCUT2D eigenvalue weighted by Gasteiger charge is -2.26. The molecule has 152 valence electrons. The van der Waals surface area contributed by atoms with Crippen LogP contribution >= 0.6 is 0 Å². The quantitative estimate of drug-likeness (QED) is 0.569. The number of para-hydroxylation sites is 1. The predicted molar refractivity (Wildman–Crippen MR) is 118 cm³/mol. The topological polar surface area (TPSA) is 63.2 Å². The zero-order chi connectivity index (χ0) is 20.5. The van der Waals surface area contributed by atoms with Crippen LogP contribution < -0.4 is 5.56 Å². The zero-order valence-corrected chi connectivity index (χ0v) is 17.0. The maximum Gasteiger partial charge on any atom is 0.254 e. The summed E-state index contributed by atoms with van der Waals surface area (Å²) < 4.78 is 7.26. The molecule has 0 spiro atoms. The van der Waals surface area contributed by atoms with Gasteiger partial charge in [-0.1, -0.05) is 42.0 Å². The van der Waals surface area contributed by atoms with Crippen molar-refractivity contribution in [3.05, 3.63) is 82.1 Å². The van der Waals surface area contributed by atoms with Crippen molar-refractivity contribution >= 4 is 11.0 Å². The Bertz CT molecular complexity index is 1240. The molecule has 0 aliphatic carbocycles. The fraction of sp³-hybridized carbons (Fsp3) is 0.250. The van der Waals surface area contributed by atoms with Gasteiger partial charge in [-0.3, -0.25) is 9.69 Å². The van der Waals surface area contributed by atoms with E-state index in [-0.39, 0.29) is 5.56 Å². The van der Waals surface area contributed by atoms with E-state index in [0.717, 1.165) is 41.0 Å². The smallest absolute Gasteiger partial charge is 0.254 e. The van der Waals surface area contributed by atoms with Crippen LogP contribution in [0, 0.1) is 6.92 Å². The first kappa shape index (κ1) is 18.8. The van der Waals surface area contributed by atoms with E-state index in [1.54, 1.807) is 0 Å². The summed E-state index contributed by atoms with van der Waals surface area (Å²) in [6, 6.07) is 20.2. The van der Waals surface area contributed by atoms with Crippen LogP contribution in [0.5, 0.6) is 0 Å². The van der Waals surface area contributed by atoms with Crippen LogP contribution in [0.4, 0.5) is 0 Å². The van der Waals surface area contributed by atoms with Crippen molar-refractivity contribution < 1.29 is 4.74 Å². The average Bonchev–Trinajstić information content (AvgIpc) is 3.14. The number of fused-ring (bicyclic) bond motifs is 1. The van der Waals surface area contributed by atoms with Crippen molar-refractivity contribution in [2.24, 2.45) is 0 Å². The van der Waals surface area contributed by atoms with E-state index in [1.165, 1.54) is 5.56 Å². The molecule has 0 atom stereocenters. The molecule has 0 radical (unpaired) electrons. The number of ether oxygens (including phenoxy) is 1. The van der Waals surface area contributed by atoms with Gasteiger partial charge in [0.25, 0.3) is 5.56 Å². The van der Waals surface area contributed by atoms with Crippen LogP contribution in [0.2, 0.25) is 0 Å². The number of nitrogens with one attached hydrogen (secondary N) is 1. The number of nitrogens with zero attached hydrogens (tertiary/aromatic N) is 3. The molecular weight excluding hydrogens is 376 g/mol. The monoisotopic (exact) mass is 400 g/mol. The van der Waals surface area contributed by atoms with Crippen LogP contribution in [0.3, 0.4) is 0 Å². The highest BCUT2D eigenvalue weighted by atomic mass is 16.5. The Labute approximate surface area is 174 Å². The third kappa shape index (κ3) is 3.56. The summed E-state index contributed by atoms with van der Waals surface area (Å²) in [6.07, 6.45) is 0. The SMILES string of the molecule is Cc1cccc(-c2nn(-c3ccccc3)c3[nH]c(=O)c(CN4CCOCC4)cc23)c1. The van der Waals surface area contributed by atoms with Gasteiger partial charge in [0.1, 0.15) is 11.3 Å². The highest BCUT2D eigenvalue weighted by molar-refractivity contribution is 5.92. The number of hydrogen-bond donors (Lipinski definition) is 1. The Hall–Kier alpha value is -3.22. The summed E-state index contributed by atoms with van der Waals surface area (Å²) in [5.41, 5.74) is 5.41. The third-order valence-electron chi connectivity index (χ3n) is 5.55. The molecule has 30 heavy (non-hydrogen) atoms. The molecule has 0 bridgehead atoms. The number of aryl methyl sites for hydroxylation is 1. The van der Waals surface area contributed by atoms with Gasteiger partial charge < -0.3 is 9.72 Å². The second kappa shape index (κ2) is 7.89. The van der Waals surface area contributed by atoms with Gasteiger partial charge >= 0.3 is 0 Å². The number of aromatic nitrogens is 3. The first-order chi connectivity index (χ1) is 14.7. The normalized spacial score (nSPS) is 15.0. The minimum Gasteiger partial charge on any atom is -0.379 e. The van der Waals surface area contributed by atoms with Gasteiger partial charge in [-0.05, 0) is 31.2 Å². The second-order valence-corrected chi connectivity index (χ2v) is 7.74. The van der Waals surface area contributed by atoms with Gasteiger partial charge in [0.2, 0.25) is 0 Å². The molecule has 5 rings (SSSR count). The summed E-state index contributed by atoms with van der Waals surface area (Å²) in [6.45, 7) is 5.78. The van der Waals surface area contributed by atoms with Crippen LogP contribution in [0.1, 0.15) is 11.1 Å². The van der Waals surface area contributed by atoms with Gasteiger partial charge in [-0.2, -0.15) is 5.10 Å². The minimum absolute atomic E-state index is 0.0677. The van der Waals surface area contributed by atoms with E-state index in [4.69, 9.17) is 9.84 Å². The molecule has 1 aliphatic rings. The molecule has 1 aliphatic heterocycles. The van der Waals surface area contributed by atoms with Gasteiger partial charge in [0, 0.05) is 36.1 Å². The molecule has 2 aromatic heterocycles. The molecule has 6 heteroatoms. The van der Waals surface area contributed by atoms with E-state index in [9.17, 15) is 4.79 Å². The van der Waals surface area contributed by atoms with Gasteiger partial charge in [0.05, 0.1) is 18.9 Å². The number of rotatable bonds is 4. The highest BCUT2D eigenvalue weighted by Crippen LogP contribution is 2.29. The maximum atomic E-state index is 12.9. The van der Waals surface area contributed by atoms with Crippen LogP contribution in [-0.4, -0.2) is 46.0 Å². The Morgan fingerprint density at radius 2 is 1.83 bits per heavy atom. The number of H-pyrrole nitrogens is 1. The van der Waals surface area contributed by atoms with Crippen molar-refractivity contribution in [2.75, 3.05) is 26.3 Å². The lowest BCUT2D eigenvalue weighted by Crippen LogP contribution is -2.37. The average molecular weight is 400 g/mol. The second-order valence-electron chi connectivity index (χ2n) is 7.74. The number of hydrogen-bond acceptors (Lipinski definition) is 4. The van der Waals surface area contributed by atoms with Gasteiger partial charge in [-0.15, -0.1) is 0 Å². The number of aromatic amines is 1. The van der Waals surface area contributed by atoms with E-state index in [2.05, 4.69) is 35.0 Å². The first-order valence-electron chi connectivity index (χ1n) is 10.3. The summed E-state index contributed by atoms with van der Waals surface area (Å²) in [7, 11) is 0. The van der Waals surface area contributed by atoms with E-state index in [0.29, 0.717) is 25.4 Å². The number of morpholine rings is 1. The Kier molecular flexibility index (Phi) is 4.94. The van der Waals surface area contributed by atoms with Crippen molar-refractivity contribution in [2.45, 2.75) is 13.5 Å². The van der Waals surface area contributed by atoms with Crippen LogP contribution in [0.25, 0.3) is 28.0 Å². The summed E-state index contributed by atoms with van der Waals surface area (Å²) >= 11 is 0. The fourth-order valence-corrected chi connectivity index (χ4v) is 3.99. The predicted octanol–water partition coefficient (Wildman–Crippen LogP) is 3.52. The Morgan fingerprint density at radius 1 is 1.03 bits per heavy atom. The largest absolute Gasteiger partial charge is 0.379 e. The molecule has 1 saturated heterocycles. The summed E-state index contributed by atoms with van der Waals surface area (Å²) in [4.78, 5) is 18.3. The third-order valence-corrected chi connectivity index (χ3v) is 5.55. The van der Waals surface area contributed by atoms with Gasteiger partial charge in [-0.25, -0.2) is 4.68 Å². The standard InChI is InChI=1S/C24H24N4O2/c1-17-6-5-7-18(14-17)22-21-15-19(16-27-10-12-30-13-11-27)24(29)25-23(21)28(26-22)20-8-3-2-4-9-20/h2-9,14-15H,10-13,16H2,1H3,(H,25,29). The first-order valence-corrected chi connectivity index (χ1v) is 10.3. The van der Waals surface area contributed by atoms with E-state index in [1.807, 2.05) is 47.1 Å². The molecule has 0 unspecified atom stereocenters. The van der Waals surface area contributed by atoms with E-state index >= 15 is 0 Å². The van der Waals surface area contributed by atoms with Crippen molar-refractivity contribution in [3.63, 3.8) is 0 Å². The van der Waals surface area contributed by atoms with Crippen molar-refractivity contribution in [1.82, 2.24) is 19.7 Å². The van der Waals surface area contributed by atoms with Crippen LogP contribution in [0.15, 0.2) is 65.5 Å². The molecule has 0 saturated carbocycles. The molecule has 1 fully saturated rings. The lowest BCUT2D eigenvalue weighted by atomic mass is 10.1. The zero-order valence-electron chi connectivity index (χ0n) is 17.0. The number of benzene rings is 2. The highest BCUT2D eigenvalue weighted by Gasteiger charge is 2.19. The fourth-order valence-electron chi connectivity index (χ4n) is 3.99. The molecule has 0 amide bonds. The summed E-state index contributed by atoms with van der Waals surface area (Å²) in [5.74, 6) is 0. The molecule has 2 aromatic carbocycles. The maximum absolute atomic E-state index is 12.9. The van der Waals surface area contributed by atoms with Crippen molar-refractivity contribution in [3.8, 4) is 16.9 Å².